The Morgan fingerprint density at radius 1 is 1.38 bits per heavy atom. The van der Waals surface area contributed by atoms with E-state index in [9.17, 15) is 4.79 Å². The van der Waals surface area contributed by atoms with Gasteiger partial charge in [-0.25, -0.2) is 0 Å². The molecule has 0 spiro atoms. The molecule has 0 fully saturated rings. The molecule has 0 aliphatic heterocycles. The molecule has 3 N–H and O–H groups in total. The highest BCUT2D eigenvalue weighted by molar-refractivity contribution is 7.80. The van der Waals surface area contributed by atoms with E-state index in [1.807, 2.05) is 24.3 Å². The minimum Gasteiger partial charge on any atom is -0.497 e. The first-order chi connectivity index (χ1) is 10.1. The number of hydrogen-bond acceptors (Lipinski definition) is 4. The molecule has 21 heavy (non-hydrogen) atoms. The highest BCUT2D eigenvalue weighted by Gasteiger charge is 2.07. The lowest BCUT2D eigenvalue weighted by Crippen LogP contribution is -2.24. The lowest BCUT2D eigenvalue weighted by molar-refractivity contribution is 0.0946. The summed E-state index contributed by atoms with van der Waals surface area (Å²) in [7, 11) is 1.60. The second kappa shape index (κ2) is 6.81. The minimum atomic E-state index is -0.257. The second-order valence-electron chi connectivity index (χ2n) is 4.33. The summed E-state index contributed by atoms with van der Waals surface area (Å²) in [6.07, 6.45) is 1.49. The molecule has 0 bridgehead atoms. The number of nitrogens with two attached hydrogens (primary N) is 1. The molecule has 1 amide bonds. The van der Waals surface area contributed by atoms with Gasteiger partial charge >= 0.3 is 0 Å². The van der Waals surface area contributed by atoms with Crippen LogP contribution >= 0.6 is 12.2 Å². The van der Waals surface area contributed by atoms with Crippen molar-refractivity contribution in [2.45, 2.75) is 6.54 Å². The van der Waals surface area contributed by atoms with Crippen molar-refractivity contribution in [2.24, 2.45) is 5.73 Å². The number of hydrogen-bond donors (Lipinski definition) is 2. The molecule has 1 aromatic heterocycles. The van der Waals surface area contributed by atoms with Crippen molar-refractivity contribution in [3.8, 4) is 5.75 Å². The van der Waals surface area contributed by atoms with Crippen LogP contribution in [-0.2, 0) is 6.54 Å². The Balaban J connectivity index is 1.99. The summed E-state index contributed by atoms with van der Waals surface area (Å²) in [5, 5.41) is 2.79. The van der Waals surface area contributed by atoms with E-state index in [0.717, 1.165) is 11.3 Å². The molecule has 1 aromatic carbocycles. The summed E-state index contributed by atoms with van der Waals surface area (Å²) in [4.78, 5) is 16.3. The molecular formula is C15H15N3O2S. The zero-order valence-electron chi connectivity index (χ0n) is 11.5. The van der Waals surface area contributed by atoms with Crippen molar-refractivity contribution < 1.29 is 9.53 Å². The van der Waals surface area contributed by atoms with Crippen molar-refractivity contribution in [3.05, 3.63) is 59.4 Å². The van der Waals surface area contributed by atoms with E-state index in [2.05, 4.69) is 10.3 Å². The molecule has 5 nitrogen and oxygen atoms in total. The Bertz CT molecular complexity index is 656. The van der Waals surface area contributed by atoms with Crippen LogP contribution in [0.3, 0.4) is 0 Å². The van der Waals surface area contributed by atoms with Gasteiger partial charge in [-0.05, 0) is 29.8 Å². The maximum absolute atomic E-state index is 12.0. The lowest BCUT2D eigenvalue weighted by Gasteiger charge is -2.07. The molecule has 2 aromatic rings. The molecule has 1 heterocycles. The minimum absolute atomic E-state index is 0.255. The molecular weight excluding hydrogens is 286 g/mol. The number of nitrogens with one attached hydrogen (secondary N) is 1. The third kappa shape index (κ3) is 4.00. The first-order valence-corrected chi connectivity index (χ1v) is 6.68. The first-order valence-electron chi connectivity index (χ1n) is 6.27. The van der Waals surface area contributed by atoms with Gasteiger partial charge in [-0.15, -0.1) is 0 Å². The number of methoxy groups -OCH3 is 1. The average molecular weight is 301 g/mol. The van der Waals surface area contributed by atoms with Gasteiger partial charge in [-0.2, -0.15) is 0 Å². The molecule has 0 aliphatic rings. The normalized spacial score (nSPS) is 9.95. The van der Waals surface area contributed by atoms with Crippen LogP contribution in [0, 0.1) is 0 Å². The van der Waals surface area contributed by atoms with Crippen LogP contribution in [0.2, 0.25) is 0 Å². The summed E-state index contributed by atoms with van der Waals surface area (Å²) in [5.74, 6) is 0.494. The van der Waals surface area contributed by atoms with E-state index >= 15 is 0 Å². The summed E-state index contributed by atoms with van der Waals surface area (Å²) in [6.45, 7) is 0.398. The van der Waals surface area contributed by atoms with Crippen LogP contribution in [-0.4, -0.2) is 23.0 Å². The van der Waals surface area contributed by atoms with E-state index in [-0.39, 0.29) is 10.9 Å². The zero-order valence-corrected chi connectivity index (χ0v) is 12.3. The molecule has 0 saturated heterocycles. The predicted octanol–water partition coefficient (Wildman–Crippen LogP) is 1.65. The summed E-state index contributed by atoms with van der Waals surface area (Å²) < 4.78 is 5.13. The number of benzene rings is 1. The number of carbonyl (C=O) groups excluding carboxylic acids is 1. The lowest BCUT2D eigenvalue weighted by atomic mass is 10.2. The first kappa shape index (κ1) is 14.9. The van der Waals surface area contributed by atoms with Gasteiger partial charge in [0.25, 0.3) is 5.91 Å². The van der Waals surface area contributed by atoms with E-state index in [1.54, 1.807) is 19.2 Å². The maximum Gasteiger partial charge on any atom is 0.270 e. The largest absolute Gasteiger partial charge is 0.497 e. The quantitative estimate of drug-likeness (QED) is 0.821. The molecule has 2 rings (SSSR count). The van der Waals surface area contributed by atoms with Gasteiger partial charge in [0.2, 0.25) is 0 Å². The topological polar surface area (TPSA) is 77.2 Å². The zero-order chi connectivity index (χ0) is 15.2. The molecule has 0 unspecified atom stereocenters. The van der Waals surface area contributed by atoms with Crippen LogP contribution in [0.1, 0.15) is 21.6 Å². The fourth-order valence-corrected chi connectivity index (χ4v) is 1.85. The second-order valence-corrected chi connectivity index (χ2v) is 4.77. The third-order valence-electron chi connectivity index (χ3n) is 2.87. The van der Waals surface area contributed by atoms with Crippen LogP contribution < -0.4 is 15.8 Å². The standard InChI is InChI=1S/C15H15N3O2S/c1-20-12-4-2-3-10(7-12)8-18-15(19)13-6-5-11(9-17-13)14(16)21/h2-7,9H,8H2,1H3,(H2,16,21)(H,18,19). The fourth-order valence-electron chi connectivity index (χ4n) is 1.73. The maximum atomic E-state index is 12.0. The van der Waals surface area contributed by atoms with Crippen LogP contribution in [0.25, 0.3) is 0 Å². The average Bonchev–Trinajstić information content (AvgIpc) is 2.53. The Morgan fingerprint density at radius 3 is 2.81 bits per heavy atom. The number of nitrogens with zero attached hydrogens (tertiary/aromatic N) is 1. The Hall–Kier alpha value is -2.47. The number of aromatic nitrogens is 1. The Morgan fingerprint density at radius 2 is 2.19 bits per heavy atom. The SMILES string of the molecule is COc1cccc(CNC(=O)c2ccc(C(N)=S)cn2)c1. The summed E-state index contributed by atoms with van der Waals surface area (Å²) in [6, 6.07) is 10.8. The van der Waals surface area contributed by atoms with Gasteiger partial charge in [-0.1, -0.05) is 24.4 Å². The number of amides is 1. The van der Waals surface area contributed by atoms with E-state index < -0.39 is 0 Å². The number of rotatable bonds is 5. The van der Waals surface area contributed by atoms with Crippen molar-refractivity contribution in [1.29, 1.82) is 0 Å². The smallest absolute Gasteiger partial charge is 0.270 e. The van der Waals surface area contributed by atoms with Crippen molar-refractivity contribution in [1.82, 2.24) is 10.3 Å². The highest BCUT2D eigenvalue weighted by Crippen LogP contribution is 2.12. The number of carbonyl (C=O) groups is 1. The Labute approximate surface area is 128 Å². The fraction of sp³-hybridized carbons (Fsp3) is 0.133. The van der Waals surface area contributed by atoms with Crippen LogP contribution in [0.5, 0.6) is 5.75 Å². The molecule has 0 saturated carbocycles. The third-order valence-corrected chi connectivity index (χ3v) is 3.10. The van der Waals surface area contributed by atoms with Gasteiger partial charge in [0, 0.05) is 18.3 Å². The highest BCUT2D eigenvalue weighted by atomic mass is 32.1. The van der Waals surface area contributed by atoms with E-state index in [1.165, 1.54) is 6.20 Å². The van der Waals surface area contributed by atoms with Gasteiger partial charge < -0.3 is 15.8 Å². The number of ether oxygens (including phenoxy) is 1. The van der Waals surface area contributed by atoms with Crippen molar-refractivity contribution in [2.75, 3.05) is 7.11 Å². The molecule has 0 atom stereocenters. The van der Waals surface area contributed by atoms with Gasteiger partial charge in [0.15, 0.2) is 0 Å². The molecule has 108 valence electrons. The summed E-state index contributed by atoms with van der Waals surface area (Å²) in [5.41, 5.74) is 7.38. The van der Waals surface area contributed by atoms with Gasteiger partial charge in [0.05, 0.1) is 7.11 Å². The number of thiocarbonyl (C=S) groups is 1. The molecule has 0 aliphatic carbocycles. The van der Waals surface area contributed by atoms with E-state index in [0.29, 0.717) is 17.8 Å². The van der Waals surface area contributed by atoms with Crippen molar-refractivity contribution in [3.63, 3.8) is 0 Å². The van der Waals surface area contributed by atoms with Crippen LogP contribution in [0.15, 0.2) is 42.6 Å². The Kier molecular flexibility index (Phi) is 4.84. The van der Waals surface area contributed by atoms with E-state index in [4.69, 9.17) is 22.7 Å². The monoisotopic (exact) mass is 301 g/mol. The van der Waals surface area contributed by atoms with Crippen LogP contribution in [0.4, 0.5) is 0 Å². The molecule has 0 radical (unpaired) electrons. The number of pyridine rings is 1. The predicted molar refractivity (Wildman–Crippen MR) is 84.3 cm³/mol. The summed E-state index contributed by atoms with van der Waals surface area (Å²) >= 11 is 4.84. The molecule has 6 heteroatoms. The van der Waals surface area contributed by atoms with Gasteiger partial charge in [0.1, 0.15) is 16.4 Å². The van der Waals surface area contributed by atoms with Crippen molar-refractivity contribution >= 4 is 23.1 Å². The van der Waals surface area contributed by atoms with Gasteiger partial charge in [-0.3, -0.25) is 9.78 Å².